The van der Waals surface area contributed by atoms with Gasteiger partial charge in [-0.05, 0) is 37.8 Å². The van der Waals surface area contributed by atoms with Gasteiger partial charge in [-0.1, -0.05) is 18.2 Å². The van der Waals surface area contributed by atoms with Crippen molar-refractivity contribution in [3.05, 3.63) is 54.0 Å². The fourth-order valence-corrected chi connectivity index (χ4v) is 4.98. The number of hydrogen-bond donors (Lipinski definition) is 0. The topological polar surface area (TPSA) is 76.4 Å². The Morgan fingerprint density at radius 3 is 2.76 bits per heavy atom. The standard InChI is InChI=1S/C25H30N6O2/c1-29-17-19(20-11-12-26-25(27-20)30-13-5-6-14-30)24(28-29)21-9-7-15-31(21)23(32)16-18-8-3-4-10-22(18)33-2/h3-4,8,10-12,17,21H,5-7,9,13-16H2,1-2H3/t21-/m1/s1. The van der Waals surface area contributed by atoms with Gasteiger partial charge in [0.05, 0.1) is 31.0 Å². The number of ether oxygens (including phenoxy) is 1. The van der Waals surface area contributed by atoms with Crippen LogP contribution in [-0.4, -0.2) is 57.3 Å². The summed E-state index contributed by atoms with van der Waals surface area (Å²) < 4.78 is 7.27. The van der Waals surface area contributed by atoms with Gasteiger partial charge in [0.2, 0.25) is 11.9 Å². The maximum Gasteiger partial charge on any atom is 0.227 e. The van der Waals surface area contributed by atoms with Gasteiger partial charge in [0.15, 0.2) is 0 Å². The van der Waals surface area contributed by atoms with Crippen LogP contribution in [0.4, 0.5) is 5.95 Å². The molecule has 0 radical (unpaired) electrons. The van der Waals surface area contributed by atoms with Crippen molar-refractivity contribution >= 4 is 11.9 Å². The molecule has 172 valence electrons. The van der Waals surface area contributed by atoms with E-state index in [2.05, 4.69) is 9.88 Å². The van der Waals surface area contributed by atoms with Crippen molar-refractivity contribution in [3.63, 3.8) is 0 Å². The van der Waals surface area contributed by atoms with Gasteiger partial charge >= 0.3 is 0 Å². The van der Waals surface area contributed by atoms with E-state index in [1.54, 1.807) is 7.11 Å². The Morgan fingerprint density at radius 1 is 1.12 bits per heavy atom. The number of methoxy groups -OCH3 is 1. The second-order valence-electron chi connectivity index (χ2n) is 8.77. The van der Waals surface area contributed by atoms with Crippen molar-refractivity contribution in [3.8, 4) is 17.0 Å². The van der Waals surface area contributed by atoms with Crippen molar-refractivity contribution in [2.45, 2.75) is 38.1 Å². The summed E-state index contributed by atoms with van der Waals surface area (Å²) in [5.74, 6) is 1.62. The zero-order chi connectivity index (χ0) is 22.8. The number of carbonyl (C=O) groups excluding carboxylic acids is 1. The molecule has 1 amide bonds. The number of carbonyl (C=O) groups is 1. The van der Waals surface area contributed by atoms with E-state index in [0.29, 0.717) is 6.42 Å². The fraction of sp³-hybridized carbons (Fsp3) is 0.440. The number of aryl methyl sites for hydroxylation is 1. The van der Waals surface area contributed by atoms with Gasteiger partial charge in [-0.15, -0.1) is 0 Å². The molecule has 0 aliphatic carbocycles. The molecule has 0 spiro atoms. The van der Waals surface area contributed by atoms with Crippen molar-refractivity contribution in [2.75, 3.05) is 31.6 Å². The summed E-state index contributed by atoms with van der Waals surface area (Å²) >= 11 is 0. The Bertz CT molecular complexity index is 1140. The lowest BCUT2D eigenvalue weighted by atomic mass is 10.0. The molecule has 33 heavy (non-hydrogen) atoms. The molecule has 0 bridgehead atoms. The minimum Gasteiger partial charge on any atom is -0.496 e. The number of aromatic nitrogens is 4. The average molecular weight is 447 g/mol. The second-order valence-corrected chi connectivity index (χ2v) is 8.77. The SMILES string of the molecule is COc1ccccc1CC(=O)N1CCC[C@@H]1c1nn(C)cc1-c1ccnc(N2CCCC2)n1. The smallest absolute Gasteiger partial charge is 0.227 e. The summed E-state index contributed by atoms with van der Waals surface area (Å²) in [5.41, 5.74) is 3.65. The van der Waals surface area contributed by atoms with Crippen LogP contribution in [0.3, 0.4) is 0 Å². The van der Waals surface area contributed by atoms with Crippen LogP contribution < -0.4 is 9.64 Å². The minimum absolute atomic E-state index is 0.0615. The normalized spacial score (nSPS) is 18.2. The molecule has 8 heteroatoms. The van der Waals surface area contributed by atoms with Crippen LogP contribution in [0.25, 0.3) is 11.3 Å². The third kappa shape index (κ3) is 4.29. The van der Waals surface area contributed by atoms with Gasteiger partial charge < -0.3 is 14.5 Å². The van der Waals surface area contributed by atoms with Crippen LogP contribution in [0.1, 0.15) is 43.0 Å². The van der Waals surface area contributed by atoms with Crippen LogP contribution in [0.5, 0.6) is 5.75 Å². The summed E-state index contributed by atoms with van der Waals surface area (Å²) in [7, 11) is 3.56. The lowest BCUT2D eigenvalue weighted by molar-refractivity contribution is -0.131. The summed E-state index contributed by atoms with van der Waals surface area (Å²) in [6.07, 6.45) is 8.36. The molecule has 1 aromatic carbocycles. The lowest BCUT2D eigenvalue weighted by Gasteiger charge is -2.25. The monoisotopic (exact) mass is 446 g/mol. The molecular formula is C25H30N6O2. The zero-order valence-electron chi connectivity index (χ0n) is 19.3. The first-order chi connectivity index (χ1) is 16.1. The van der Waals surface area contributed by atoms with Gasteiger partial charge in [-0.3, -0.25) is 9.48 Å². The van der Waals surface area contributed by atoms with Crippen molar-refractivity contribution in [1.29, 1.82) is 0 Å². The van der Waals surface area contributed by atoms with E-state index in [9.17, 15) is 4.79 Å². The van der Waals surface area contributed by atoms with Crippen molar-refractivity contribution in [2.24, 2.45) is 7.05 Å². The van der Waals surface area contributed by atoms with Crippen LogP contribution in [0.15, 0.2) is 42.7 Å². The highest BCUT2D eigenvalue weighted by atomic mass is 16.5. The number of nitrogens with zero attached hydrogens (tertiary/aromatic N) is 6. The van der Waals surface area contributed by atoms with Gasteiger partial charge in [0.1, 0.15) is 5.75 Å². The highest BCUT2D eigenvalue weighted by Gasteiger charge is 2.34. The second kappa shape index (κ2) is 9.21. The zero-order valence-corrected chi connectivity index (χ0v) is 19.3. The number of rotatable bonds is 6. The number of amides is 1. The largest absolute Gasteiger partial charge is 0.496 e. The molecule has 8 nitrogen and oxygen atoms in total. The molecule has 4 heterocycles. The fourth-order valence-electron chi connectivity index (χ4n) is 4.98. The van der Waals surface area contributed by atoms with Crippen LogP contribution >= 0.6 is 0 Å². The maximum atomic E-state index is 13.4. The summed E-state index contributed by atoms with van der Waals surface area (Å²) in [6, 6.07) is 9.59. The van der Waals surface area contributed by atoms with E-state index in [-0.39, 0.29) is 11.9 Å². The number of anilines is 1. The molecule has 3 aromatic rings. The third-order valence-corrected chi connectivity index (χ3v) is 6.59. The Hall–Kier alpha value is -3.42. The molecular weight excluding hydrogens is 416 g/mol. The number of benzene rings is 1. The molecule has 1 atom stereocenters. The summed E-state index contributed by atoms with van der Waals surface area (Å²) in [5, 5.41) is 4.79. The Morgan fingerprint density at radius 2 is 1.94 bits per heavy atom. The Labute approximate surface area is 194 Å². The van der Waals surface area contributed by atoms with Crippen molar-refractivity contribution < 1.29 is 9.53 Å². The lowest BCUT2D eigenvalue weighted by Crippen LogP contribution is -2.32. The highest BCUT2D eigenvalue weighted by molar-refractivity contribution is 5.80. The molecule has 0 saturated carbocycles. The Balaban J connectivity index is 1.43. The number of likely N-dealkylation sites (tertiary alicyclic amines) is 1. The summed E-state index contributed by atoms with van der Waals surface area (Å²) in [4.78, 5) is 26.9. The van der Waals surface area contributed by atoms with Gasteiger partial charge in [0, 0.05) is 50.2 Å². The maximum absolute atomic E-state index is 13.4. The first-order valence-corrected chi connectivity index (χ1v) is 11.7. The first kappa shape index (κ1) is 21.4. The van der Waals surface area contributed by atoms with Crippen LogP contribution in [0.2, 0.25) is 0 Å². The predicted molar refractivity (Wildman–Crippen MR) is 126 cm³/mol. The van der Waals surface area contributed by atoms with E-state index in [1.807, 2.05) is 59.4 Å². The molecule has 0 unspecified atom stereocenters. The van der Waals surface area contributed by atoms with E-state index in [0.717, 1.165) is 66.7 Å². The molecule has 2 fully saturated rings. The van der Waals surface area contributed by atoms with Crippen LogP contribution in [-0.2, 0) is 18.3 Å². The van der Waals surface area contributed by atoms with Gasteiger partial charge in [0.25, 0.3) is 0 Å². The van der Waals surface area contributed by atoms with Gasteiger partial charge in [-0.25, -0.2) is 9.97 Å². The first-order valence-electron chi connectivity index (χ1n) is 11.7. The third-order valence-electron chi connectivity index (χ3n) is 6.59. The average Bonchev–Trinajstić information content (AvgIpc) is 3.60. The van der Waals surface area contributed by atoms with E-state index >= 15 is 0 Å². The van der Waals surface area contributed by atoms with Crippen LogP contribution in [0, 0.1) is 0 Å². The van der Waals surface area contributed by atoms with E-state index in [4.69, 9.17) is 14.8 Å². The molecule has 5 rings (SSSR count). The van der Waals surface area contributed by atoms with Crippen molar-refractivity contribution in [1.82, 2.24) is 24.6 Å². The summed E-state index contributed by atoms with van der Waals surface area (Å²) in [6.45, 7) is 2.73. The van der Waals surface area contributed by atoms with Gasteiger partial charge in [-0.2, -0.15) is 5.10 Å². The minimum atomic E-state index is -0.0615. The predicted octanol–water partition coefficient (Wildman–Crippen LogP) is 3.39. The molecule has 0 N–H and O–H groups in total. The van der Waals surface area contributed by atoms with E-state index < -0.39 is 0 Å². The number of hydrogen-bond acceptors (Lipinski definition) is 6. The molecule has 2 saturated heterocycles. The molecule has 2 aliphatic rings. The molecule has 2 aromatic heterocycles. The quantitative estimate of drug-likeness (QED) is 0.578. The molecule has 2 aliphatic heterocycles. The Kier molecular flexibility index (Phi) is 5.98. The van der Waals surface area contributed by atoms with E-state index in [1.165, 1.54) is 12.8 Å². The highest BCUT2D eigenvalue weighted by Crippen LogP contribution is 2.37. The number of para-hydroxylation sites is 1.